The molecule has 1 fully saturated rings. The van der Waals surface area contributed by atoms with Gasteiger partial charge in [-0.05, 0) is 43.5 Å². The average molecular weight is 432 g/mol. The summed E-state index contributed by atoms with van der Waals surface area (Å²) in [5.74, 6) is -0.0919. The van der Waals surface area contributed by atoms with Crippen molar-refractivity contribution in [3.63, 3.8) is 0 Å². The van der Waals surface area contributed by atoms with E-state index in [1.165, 1.54) is 28.8 Å². The highest BCUT2D eigenvalue weighted by atomic mass is 32.2. The second-order valence-electron chi connectivity index (χ2n) is 6.69. The van der Waals surface area contributed by atoms with Crippen molar-refractivity contribution in [1.82, 2.24) is 9.21 Å². The molecule has 1 saturated heterocycles. The fourth-order valence-electron chi connectivity index (χ4n) is 3.08. The molecule has 2 rings (SSSR count). The largest absolute Gasteiger partial charge is 0.490 e. The van der Waals surface area contributed by atoms with Gasteiger partial charge in [-0.2, -0.15) is 8.78 Å². The number of rotatable bonds is 8. The number of ether oxygens (including phenoxy) is 2. The first kappa shape index (κ1) is 23.1. The van der Waals surface area contributed by atoms with Crippen molar-refractivity contribution < 1.29 is 31.5 Å². The van der Waals surface area contributed by atoms with Gasteiger partial charge >= 0.3 is 6.61 Å². The Labute approximate surface area is 169 Å². The van der Waals surface area contributed by atoms with Crippen LogP contribution in [0.5, 0.6) is 11.5 Å². The van der Waals surface area contributed by atoms with Gasteiger partial charge in [0.05, 0.1) is 12.9 Å². The van der Waals surface area contributed by atoms with Crippen LogP contribution in [-0.2, 0) is 14.8 Å². The number of hydrogen-bond acceptors (Lipinski definition) is 5. The van der Waals surface area contributed by atoms with Gasteiger partial charge in [0.1, 0.15) is 0 Å². The molecule has 1 aromatic carbocycles. The maximum absolute atomic E-state index is 12.5. The summed E-state index contributed by atoms with van der Waals surface area (Å²) in [7, 11) is -1.71. The summed E-state index contributed by atoms with van der Waals surface area (Å²) >= 11 is 0. The van der Waals surface area contributed by atoms with Crippen molar-refractivity contribution in [2.75, 3.05) is 33.0 Å². The Hall–Kier alpha value is -2.20. The highest BCUT2D eigenvalue weighted by Crippen LogP contribution is 2.30. The van der Waals surface area contributed by atoms with Crippen molar-refractivity contribution >= 4 is 22.0 Å². The van der Waals surface area contributed by atoms with Crippen molar-refractivity contribution in [1.29, 1.82) is 0 Å². The van der Waals surface area contributed by atoms with Gasteiger partial charge in [-0.3, -0.25) is 4.79 Å². The van der Waals surface area contributed by atoms with Gasteiger partial charge in [-0.15, -0.1) is 0 Å². The molecule has 0 unspecified atom stereocenters. The fourth-order valence-corrected chi connectivity index (χ4v) is 3.84. The summed E-state index contributed by atoms with van der Waals surface area (Å²) in [5.41, 5.74) is 0.607. The molecule has 0 bridgehead atoms. The minimum atomic E-state index is -3.26. The van der Waals surface area contributed by atoms with E-state index in [0.29, 0.717) is 31.5 Å². The van der Waals surface area contributed by atoms with E-state index in [1.54, 1.807) is 31.0 Å². The van der Waals surface area contributed by atoms with Gasteiger partial charge in [0, 0.05) is 32.3 Å². The summed E-state index contributed by atoms with van der Waals surface area (Å²) in [6.45, 7) is -0.0363. The molecule has 0 aliphatic carbocycles. The average Bonchev–Trinajstić information content (AvgIpc) is 2.66. The van der Waals surface area contributed by atoms with Crippen LogP contribution in [0.15, 0.2) is 24.3 Å². The molecule has 0 saturated carbocycles. The van der Waals surface area contributed by atoms with Crippen LogP contribution in [-0.4, -0.2) is 69.2 Å². The number of carbonyl (C=O) groups is 1. The minimum Gasteiger partial charge on any atom is -0.490 e. The molecule has 10 heteroatoms. The van der Waals surface area contributed by atoms with E-state index in [1.807, 2.05) is 0 Å². The molecule has 1 aliphatic heterocycles. The van der Waals surface area contributed by atoms with E-state index < -0.39 is 16.6 Å². The third-order valence-corrected chi connectivity index (χ3v) is 6.06. The Morgan fingerprint density at radius 1 is 1.31 bits per heavy atom. The number of sulfonamides is 1. The predicted molar refractivity (Wildman–Crippen MR) is 105 cm³/mol. The van der Waals surface area contributed by atoms with Crippen molar-refractivity contribution in [2.45, 2.75) is 32.4 Å². The van der Waals surface area contributed by atoms with Gasteiger partial charge in [0.2, 0.25) is 15.9 Å². The number of nitrogens with zero attached hydrogens (tertiary/aromatic N) is 2. The standard InChI is InChI=1S/C19H26F2N2O5S/c1-4-27-17-13-14(5-7-16(17)28-19(20)21)6-8-18(24)23-11-9-15(10-12-23)22(2)29(3,25)26/h5-8,13,15,19H,4,9-12H2,1-3H3. The summed E-state index contributed by atoms with van der Waals surface area (Å²) in [4.78, 5) is 14.1. The van der Waals surface area contributed by atoms with Crippen LogP contribution in [0.1, 0.15) is 25.3 Å². The Morgan fingerprint density at radius 3 is 2.52 bits per heavy atom. The first-order chi connectivity index (χ1) is 13.6. The Morgan fingerprint density at radius 2 is 1.97 bits per heavy atom. The third kappa shape index (κ3) is 6.67. The fraction of sp³-hybridized carbons (Fsp3) is 0.526. The third-order valence-electron chi connectivity index (χ3n) is 4.72. The zero-order valence-electron chi connectivity index (χ0n) is 16.7. The molecule has 1 aliphatic rings. The molecular weight excluding hydrogens is 406 g/mol. The zero-order valence-corrected chi connectivity index (χ0v) is 17.5. The second kappa shape index (κ2) is 10.0. The summed E-state index contributed by atoms with van der Waals surface area (Å²) in [6.07, 6.45) is 5.28. The molecule has 0 radical (unpaired) electrons. The molecule has 0 N–H and O–H groups in total. The highest BCUT2D eigenvalue weighted by molar-refractivity contribution is 7.88. The van der Waals surface area contributed by atoms with Crippen LogP contribution in [0.25, 0.3) is 6.08 Å². The molecule has 29 heavy (non-hydrogen) atoms. The van der Waals surface area contributed by atoms with Gasteiger partial charge in [0.25, 0.3) is 0 Å². The number of halogens is 2. The van der Waals surface area contributed by atoms with Crippen LogP contribution in [0.2, 0.25) is 0 Å². The van der Waals surface area contributed by atoms with Gasteiger partial charge in [-0.25, -0.2) is 12.7 Å². The molecule has 1 heterocycles. The topological polar surface area (TPSA) is 76.2 Å². The summed E-state index contributed by atoms with van der Waals surface area (Å²) < 4.78 is 59.3. The quantitative estimate of drug-likeness (QED) is 0.590. The van der Waals surface area contributed by atoms with Gasteiger partial charge in [-0.1, -0.05) is 6.07 Å². The normalized spacial score (nSPS) is 16.0. The Kier molecular flexibility index (Phi) is 7.97. The first-order valence-corrected chi connectivity index (χ1v) is 11.1. The monoisotopic (exact) mass is 432 g/mol. The summed E-state index contributed by atoms with van der Waals surface area (Å²) in [6, 6.07) is 4.33. The number of carbonyl (C=O) groups excluding carboxylic acids is 1. The number of amides is 1. The van der Waals surface area contributed by atoms with Crippen molar-refractivity contribution in [3.8, 4) is 11.5 Å². The number of hydrogen-bond donors (Lipinski definition) is 0. The lowest BCUT2D eigenvalue weighted by atomic mass is 10.1. The lowest BCUT2D eigenvalue weighted by molar-refractivity contribution is -0.127. The van der Waals surface area contributed by atoms with Crippen molar-refractivity contribution in [3.05, 3.63) is 29.8 Å². The van der Waals surface area contributed by atoms with E-state index in [4.69, 9.17) is 4.74 Å². The maximum Gasteiger partial charge on any atom is 0.387 e. The SMILES string of the molecule is CCOc1cc(C=CC(=O)N2CCC(N(C)S(C)(=O)=O)CC2)ccc1OC(F)F. The number of benzene rings is 1. The van der Waals surface area contributed by atoms with Gasteiger partial charge in [0.15, 0.2) is 11.5 Å². The van der Waals surface area contributed by atoms with E-state index in [0.717, 1.165) is 0 Å². The highest BCUT2D eigenvalue weighted by Gasteiger charge is 2.28. The van der Waals surface area contributed by atoms with E-state index in [9.17, 15) is 22.0 Å². The molecule has 0 atom stereocenters. The van der Waals surface area contributed by atoms with Crippen LogP contribution in [0.4, 0.5) is 8.78 Å². The number of alkyl halides is 2. The van der Waals surface area contributed by atoms with E-state index >= 15 is 0 Å². The predicted octanol–water partition coefficient (Wildman–Crippen LogP) is 2.58. The van der Waals surface area contributed by atoms with Crippen LogP contribution < -0.4 is 9.47 Å². The maximum atomic E-state index is 12.5. The van der Waals surface area contributed by atoms with E-state index in [-0.39, 0.29) is 30.1 Å². The molecule has 162 valence electrons. The number of piperidine rings is 1. The van der Waals surface area contributed by atoms with Crippen LogP contribution >= 0.6 is 0 Å². The van der Waals surface area contributed by atoms with Crippen LogP contribution in [0, 0.1) is 0 Å². The summed E-state index contributed by atoms with van der Waals surface area (Å²) in [5, 5.41) is 0. The van der Waals surface area contributed by atoms with E-state index in [2.05, 4.69) is 4.74 Å². The lowest BCUT2D eigenvalue weighted by Crippen LogP contribution is -2.46. The zero-order chi connectivity index (χ0) is 21.6. The molecule has 0 aromatic heterocycles. The Balaban J connectivity index is 1.99. The minimum absolute atomic E-state index is 0.0672. The molecule has 1 amide bonds. The molecular formula is C19H26F2N2O5S. The smallest absolute Gasteiger partial charge is 0.387 e. The lowest BCUT2D eigenvalue weighted by Gasteiger charge is -2.35. The van der Waals surface area contributed by atoms with Crippen molar-refractivity contribution in [2.24, 2.45) is 0 Å². The first-order valence-electron chi connectivity index (χ1n) is 9.23. The Bertz CT molecular complexity index is 837. The molecule has 1 aromatic rings. The number of likely N-dealkylation sites (tertiary alicyclic amines) is 1. The van der Waals surface area contributed by atoms with Crippen LogP contribution in [0.3, 0.4) is 0 Å². The molecule has 7 nitrogen and oxygen atoms in total. The second-order valence-corrected chi connectivity index (χ2v) is 8.73. The van der Waals surface area contributed by atoms with Gasteiger partial charge < -0.3 is 14.4 Å². The molecule has 0 spiro atoms.